The maximum Gasteiger partial charge on any atom is 0.245 e. The molecule has 3 aromatic carbocycles. The molecule has 3 aromatic rings. The van der Waals surface area contributed by atoms with Gasteiger partial charge in [-0.15, -0.1) is 0 Å². The van der Waals surface area contributed by atoms with Crippen molar-refractivity contribution >= 4 is 56.3 Å². The second-order valence-electron chi connectivity index (χ2n) is 6.65. The Kier molecular flexibility index (Phi) is 7.00. The molecular formula is C22H18Cl2N2O4S. The first kappa shape index (κ1) is 22.8. The molecule has 160 valence electrons. The molecule has 9 heteroatoms. The Morgan fingerprint density at radius 2 is 1.58 bits per heavy atom. The highest BCUT2D eigenvalue weighted by molar-refractivity contribution is 7.92. The number of nitrogens with one attached hydrogen (secondary N) is 1. The number of rotatable bonds is 7. The number of sulfonamides is 1. The van der Waals surface area contributed by atoms with Gasteiger partial charge in [-0.05, 0) is 30.3 Å². The van der Waals surface area contributed by atoms with E-state index >= 15 is 0 Å². The van der Waals surface area contributed by atoms with E-state index in [0.717, 1.165) is 10.6 Å². The van der Waals surface area contributed by atoms with E-state index in [4.69, 9.17) is 23.2 Å². The van der Waals surface area contributed by atoms with Crippen LogP contribution in [0.2, 0.25) is 10.0 Å². The van der Waals surface area contributed by atoms with Gasteiger partial charge in [0, 0.05) is 16.1 Å². The van der Waals surface area contributed by atoms with Crippen molar-refractivity contribution in [1.82, 2.24) is 0 Å². The van der Waals surface area contributed by atoms with Crippen LogP contribution in [0.15, 0.2) is 72.8 Å². The average Bonchev–Trinajstić information content (AvgIpc) is 2.73. The molecule has 0 fully saturated rings. The molecule has 6 nitrogen and oxygen atoms in total. The van der Waals surface area contributed by atoms with E-state index in [9.17, 15) is 18.0 Å². The van der Waals surface area contributed by atoms with E-state index in [2.05, 4.69) is 5.32 Å². The van der Waals surface area contributed by atoms with Crippen molar-refractivity contribution in [3.63, 3.8) is 0 Å². The number of carbonyl (C=O) groups is 2. The van der Waals surface area contributed by atoms with E-state index < -0.39 is 22.5 Å². The van der Waals surface area contributed by atoms with Gasteiger partial charge in [0.1, 0.15) is 6.54 Å². The number of ketones is 1. The molecule has 0 atom stereocenters. The molecule has 0 spiro atoms. The van der Waals surface area contributed by atoms with Crippen LogP contribution in [-0.4, -0.2) is 32.9 Å². The number of carbonyl (C=O) groups excluding carboxylic acids is 2. The van der Waals surface area contributed by atoms with Gasteiger partial charge < -0.3 is 5.32 Å². The summed E-state index contributed by atoms with van der Waals surface area (Å²) < 4.78 is 25.5. The van der Waals surface area contributed by atoms with Crippen molar-refractivity contribution in [1.29, 1.82) is 0 Å². The van der Waals surface area contributed by atoms with Gasteiger partial charge in [0.05, 0.1) is 22.7 Å². The number of anilines is 2. The highest BCUT2D eigenvalue weighted by Crippen LogP contribution is 2.28. The Labute approximate surface area is 190 Å². The first-order chi connectivity index (χ1) is 14.7. The van der Waals surface area contributed by atoms with Gasteiger partial charge in [0.15, 0.2) is 5.78 Å². The molecule has 0 bridgehead atoms. The number of benzene rings is 3. The summed E-state index contributed by atoms with van der Waals surface area (Å²) in [5.74, 6) is -0.973. The van der Waals surface area contributed by atoms with Crippen molar-refractivity contribution in [3.8, 4) is 0 Å². The second kappa shape index (κ2) is 9.51. The quantitative estimate of drug-likeness (QED) is 0.503. The molecule has 0 unspecified atom stereocenters. The molecule has 0 aliphatic heterocycles. The van der Waals surface area contributed by atoms with E-state index in [-0.39, 0.29) is 27.7 Å². The molecule has 0 saturated heterocycles. The fourth-order valence-corrected chi connectivity index (χ4v) is 4.24. The minimum absolute atomic E-state index is 0.179. The van der Waals surface area contributed by atoms with Crippen LogP contribution in [0.5, 0.6) is 0 Å². The predicted molar refractivity (Wildman–Crippen MR) is 124 cm³/mol. The summed E-state index contributed by atoms with van der Waals surface area (Å²) in [6, 6.07) is 19.3. The van der Waals surface area contributed by atoms with Gasteiger partial charge >= 0.3 is 0 Å². The van der Waals surface area contributed by atoms with Crippen molar-refractivity contribution in [2.45, 2.75) is 0 Å². The molecule has 1 N–H and O–H groups in total. The SMILES string of the molecule is CS(=O)(=O)N(CC(=O)Nc1ccc(Cl)cc1C(=O)c1ccccc1)c1ccccc1Cl. The van der Waals surface area contributed by atoms with Gasteiger partial charge in [-0.1, -0.05) is 65.7 Å². The van der Waals surface area contributed by atoms with Gasteiger partial charge in [-0.3, -0.25) is 13.9 Å². The van der Waals surface area contributed by atoms with Crippen LogP contribution in [-0.2, 0) is 14.8 Å². The lowest BCUT2D eigenvalue weighted by molar-refractivity contribution is -0.114. The summed E-state index contributed by atoms with van der Waals surface area (Å²) in [4.78, 5) is 25.7. The molecule has 31 heavy (non-hydrogen) atoms. The minimum Gasteiger partial charge on any atom is -0.324 e. The minimum atomic E-state index is -3.80. The Bertz CT molecular complexity index is 1230. The standard InChI is InChI=1S/C22H18Cl2N2O4S/c1-31(29,30)26(20-10-6-5-9-18(20)24)14-21(27)25-19-12-11-16(23)13-17(19)22(28)15-7-3-2-4-8-15/h2-13H,14H2,1H3,(H,25,27). The molecular weight excluding hydrogens is 459 g/mol. The van der Waals surface area contributed by atoms with Gasteiger partial charge in [-0.2, -0.15) is 0 Å². The average molecular weight is 477 g/mol. The zero-order chi connectivity index (χ0) is 22.6. The molecule has 0 aliphatic carbocycles. The van der Waals surface area contributed by atoms with Crippen molar-refractivity contribution in [3.05, 3.63) is 94.0 Å². The Morgan fingerprint density at radius 3 is 2.23 bits per heavy atom. The predicted octanol–water partition coefficient (Wildman–Crippen LogP) is 4.63. The van der Waals surface area contributed by atoms with Gasteiger partial charge in [0.25, 0.3) is 0 Å². The summed E-state index contributed by atoms with van der Waals surface area (Å²) in [6.07, 6.45) is 0.982. The van der Waals surface area contributed by atoms with Crippen LogP contribution in [0.4, 0.5) is 11.4 Å². The van der Waals surface area contributed by atoms with Crippen molar-refractivity contribution in [2.24, 2.45) is 0 Å². The topological polar surface area (TPSA) is 83.6 Å². The highest BCUT2D eigenvalue weighted by atomic mass is 35.5. The molecule has 0 heterocycles. The fourth-order valence-electron chi connectivity index (χ4n) is 2.91. The Hall–Kier alpha value is -2.87. The van der Waals surface area contributed by atoms with E-state index in [0.29, 0.717) is 10.6 Å². The maximum absolute atomic E-state index is 12.9. The smallest absolute Gasteiger partial charge is 0.245 e. The summed E-state index contributed by atoms with van der Waals surface area (Å²) in [7, 11) is -3.80. The largest absolute Gasteiger partial charge is 0.324 e. The number of hydrogen-bond donors (Lipinski definition) is 1. The Morgan fingerprint density at radius 1 is 0.935 bits per heavy atom. The number of halogens is 2. The number of nitrogens with zero attached hydrogens (tertiary/aromatic N) is 1. The summed E-state index contributed by atoms with van der Waals surface area (Å²) in [6.45, 7) is -0.524. The lowest BCUT2D eigenvalue weighted by atomic mass is 10.0. The molecule has 0 aliphatic rings. The summed E-state index contributed by atoms with van der Waals surface area (Å²) >= 11 is 12.2. The number of hydrogen-bond acceptors (Lipinski definition) is 4. The van der Waals surface area contributed by atoms with E-state index in [1.165, 1.54) is 30.3 Å². The van der Waals surface area contributed by atoms with Crippen LogP contribution < -0.4 is 9.62 Å². The number of amides is 1. The molecule has 0 aromatic heterocycles. The molecule has 0 saturated carbocycles. The van der Waals surface area contributed by atoms with Crippen molar-refractivity contribution in [2.75, 3.05) is 22.4 Å². The van der Waals surface area contributed by atoms with Crippen LogP contribution in [0, 0.1) is 0 Å². The van der Waals surface area contributed by atoms with Gasteiger partial charge in [-0.25, -0.2) is 8.42 Å². The van der Waals surface area contributed by atoms with E-state index in [1.54, 1.807) is 42.5 Å². The Balaban J connectivity index is 1.89. The van der Waals surface area contributed by atoms with Crippen molar-refractivity contribution < 1.29 is 18.0 Å². The lowest BCUT2D eigenvalue weighted by Crippen LogP contribution is -2.37. The summed E-state index contributed by atoms with van der Waals surface area (Å²) in [5, 5.41) is 3.12. The third-order valence-corrected chi connectivity index (χ3v) is 6.03. The third-order valence-electron chi connectivity index (χ3n) is 4.34. The summed E-state index contributed by atoms with van der Waals surface area (Å²) in [5.41, 5.74) is 1.01. The first-order valence-corrected chi connectivity index (χ1v) is 11.7. The monoisotopic (exact) mass is 476 g/mol. The molecule has 3 rings (SSSR count). The highest BCUT2D eigenvalue weighted by Gasteiger charge is 2.24. The third kappa shape index (κ3) is 5.64. The second-order valence-corrected chi connectivity index (χ2v) is 9.40. The molecule has 0 radical (unpaired) electrons. The normalized spacial score (nSPS) is 11.1. The van der Waals surface area contributed by atoms with Crippen LogP contribution in [0.3, 0.4) is 0 Å². The maximum atomic E-state index is 12.9. The van der Waals surface area contributed by atoms with Gasteiger partial charge in [0.2, 0.25) is 15.9 Å². The lowest BCUT2D eigenvalue weighted by Gasteiger charge is -2.23. The molecule has 1 amide bonds. The zero-order valence-corrected chi connectivity index (χ0v) is 18.7. The van der Waals surface area contributed by atoms with E-state index in [1.807, 2.05) is 0 Å². The first-order valence-electron chi connectivity index (χ1n) is 9.08. The zero-order valence-electron chi connectivity index (χ0n) is 16.4. The number of para-hydroxylation sites is 1. The van der Waals surface area contributed by atoms with Crippen LogP contribution >= 0.6 is 23.2 Å². The fraction of sp³-hybridized carbons (Fsp3) is 0.0909. The van der Waals surface area contributed by atoms with Crippen LogP contribution in [0.1, 0.15) is 15.9 Å². The van der Waals surface area contributed by atoms with Crippen LogP contribution in [0.25, 0.3) is 0 Å².